The third-order valence-electron chi connectivity index (χ3n) is 3.04. The summed E-state index contributed by atoms with van der Waals surface area (Å²) in [4.78, 5) is 27.3. The molecule has 0 aliphatic carbocycles. The SMILES string of the molecule is O=C(Cc1coc(-c2ccccc2F)c1)C(=O)c1ncn[nH]1. The Morgan fingerprint density at radius 3 is 2.82 bits per heavy atom. The van der Waals surface area contributed by atoms with Crippen LogP contribution in [0.5, 0.6) is 0 Å². The van der Waals surface area contributed by atoms with Crippen LogP contribution in [-0.4, -0.2) is 26.7 Å². The van der Waals surface area contributed by atoms with Gasteiger partial charge in [0.1, 0.15) is 17.9 Å². The largest absolute Gasteiger partial charge is 0.464 e. The van der Waals surface area contributed by atoms with Gasteiger partial charge in [0.15, 0.2) is 5.82 Å². The molecule has 0 aliphatic heterocycles. The summed E-state index contributed by atoms with van der Waals surface area (Å²) in [6.07, 6.45) is 2.32. The molecule has 0 saturated carbocycles. The molecule has 2 heterocycles. The van der Waals surface area contributed by atoms with E-state index in [1.54, 1.807) is 18.2 Å². The zero-order valence-corrected chi connectivity index (χ0v) is 11.2. The van der Waals surface area contributed by atoms with Gasteiger partial charge in [-0.25, -0.2) is 9.37 Å². The number of hydrogen-bond donors (Lipinski definition) is 1. The first-order valence-corrected chi connectivity index (χ1v) is 6.40. The number of aromatic amines is 1. The number of Topliss-reactive ketones (excluding diaryl/α,β-unsaturated/α-hetero) is 2. The van der Waals surface area contributed by atoms with Crippen molar-refractivity contribution >= 4 is 11.6 Å². The summed E-state index contributed by atoms with van der Waals surface area (Å²) >= 11 is 0. The van der Waals surface area contributed by atoms with Crippen LogP contribution in [-0.2, 0) is 11.2 Å². The van der Waals surface area contributed by atoms with Crippen LogP contribution in [0.25, 0.3) is 11.3 Å². The average molecular weight is 299 g/mol. The molecular weight excluding hydrogens is 289 g/mol. The van der Waals surface area contributed by atoms with Crippen LogP contribution in [0.4, 0.5) is 4.39 Å². The Balaban J connectivity index is 1.76. The first kappa shape index (κ1) is 13.9. The molecule has 0 fully saturated rings. The smallest absolute Gasteiger partial charge is 0.265 e. The molecule has 0 spiro atoms. The van der Waals surface area contributed by atoms with Crippen LogP contribution in [0, 0.1) is 5.82 Å². The Kier molecular flexibility index (Phi) is 3.61. The van der Waals surface area contributed by atoms with Crippen LogP contribution in [0.1, 0.15) is 16.2 Å². The molecule has 110 valence electrons. The molecule has 3 rings (SSSR count). The Morgan fingerprint density at radius 1 is 1.27 bits per heavy atom. The highest BCUT2D eigenvalue weighted by atomic mass is 19.1. The third kappa shape index (κ3) is 2.69. The minimum atomic E-state index is -0.758. The Morgan fingerprint density at radius 2 is 2.09 bits per heavy atom. The van der Waals surface area contributed by atoms with Crippen molar-refractivity contribution in [1.29, 1.82) is 0 Å². The second kappa shape index (κ2) is 5.72. The summed E-state index contributed by atoms with van der Waals surface area (Å²) in [5.74, 6) is -1.65. The number of hydrogen-bond acceptors (Lipinski definition) is 5. The quantitative estimate of drug-likeness (QED) is 0.576. The van der Waals surface area contributed by atoms with E-state index in [9.17, 15) is 14.0 Å². The van der Waals surface area contributed by atoms with Crippen LogP contribution in [0.3, 0.4) is 0 Å². The zero-order chi connectivity index (χ0) is 15.5. The number of ketones is 2. The van der Waals surface area contributed by atoms with Crippen molar-refractivity contribution in [3.05, 3.63) is 60.1 Å². The summed E-state index contributed by atoms with van der Waals surface area (Å²) in [6.45, 7) is 0. The predicted octanol–water partition coefficient (Wildman–Crippen LogP) is 2.20. The molecular formula is C15H10FN3O3. The number of benzene rings is 1. The van der Waals surface area contributed by atoms with Gasteiger partial charge in [-0.1, -0.05) is 12.1 Å². The molecule has 3 aromatic rings. The number of nitrogens with zero attached hydrogens (tertiary/aromatic N) is 2. The normalized spacial score (nSPS) is 10.6. The van der Waals surface area contributed by atoms with E-state index in [4.69, 9.17) is 4.42 Å². The molecule has 1 N–H and O–H groups in total. The van der Waals surface area contributed by atoms with Gasteiger partial charge in [0.2, 0.25) is 5.78 Å². The topological polar surface area (TPSA) is 88.8 Å². The van der Waals surface area contributed by atoms with E-state index < -0.39 is 17.4 Å². The highest BCUT2D eigenvalue weighted by Crippen LogP contribution is 2.25. The molecule has 0 unspecified atom stereocenters. The number of nitrogens with one attached hydrogen (secondary N) is 1. The second-order valence-electron chi connectivity index (χ2n) is 4.56. The summed E-state index contributed by atoms with van der Waals surface area (Å²) in [7, 11) is 0. The molecule has 0 atom stereocenters. The lowest BCUT2D eigenvalue weighted by Crippen LogP contribution is -2.17. The fourth-order valence-corrected chi connectivity index (χ4v) is 1.98. The number of furan rings is 1. The summed E-state index contributed by atoms with van der Waals surface area (Å²) in [5, 5.41) is 5.85. The number of aromatic nitrogens is 3. The van der Waals surface area contributed by atoms with Crippen molar-refractivity contribution in [2.24, 2.45) is 0 Å². The fraction of sp³-hybridized carbons (Fsp3) is 0.0667. The van der Waals surface area contributed by atoms with Gasteiger partial charge >= 0.3 is 0 Å². The maximum Gasteiger partial charge on any atom is 0.265 e. The van der Waals surface area contributed by atoms with Gasteiger partial charge in [-0.05, 0) is 23.8 Å². The lowest BCUT2D eigenvalue weighted by molar-refractivity contribution is -0.114. The van der Waals surface area contributed by atoms with E-state index in [1.807, 2.05) is 0 Å². The van der Waals surface area contributed by atoms with Crippen molar-refractivity contribution in [1.82, 2.24) is 15.2 Å². The number of carbonyl (C=O) groups excluding carboxylic acids is 2. The molecule has 0 aliphatic rings. The Labute approximate surface area is 124 Å². The number of halogens is 1. The lowest BCUT2D eigenvalue weighted by Gasteiger charge is -1.97. The first-order chi connectivity index (χ1) is 10.6. The van der Waals surface area contributed by atoms with Crippen molar-refractivity contribution in [3.63, 3.8) is 0 Å². The standard InChI is InChI=1S/C15H10FN3O3/c16-11-4-2-1-3-10(11)13-6-9(7-22-13)5-12(20)14(21)15-17-8-18-19-15/h1-4,6-8H,5H2,(H,17,18,19). The van der Waals surface area contributed by atoms with E-state index in [1.165, 1.54) is 18.4 Å². The summed E-state index contributed by atoms with van der Waals surface area (Å²) in [5.41, 5.74) is 0.777. The van der Waals surface area contributed by atoms with E-state index in [0.717, 1.165) is 6.33 Å². The van der Waals surface area contributed by atoms with E-state index in [2.05, 4.69) is 15.2 Å². The van der Waals surface area contributed by atoms with Crippen molar-refractivity contribution < 1.29 is 18.4 Å². The van der Waals surface area contributed by atoms with Crippen LogP contribution < -0.4 is 0 Å². The van der Waals surface area contributed by atoms with Gasteiger partial charge in [-0.2, -0.15) is 5.10 Å². The van der Waals surface area contributed by atoms with Crippen molar-refractivity contribution in [2.75, 3.05) is 0 Å². The lowest BCUT2D eigenvalue weighted by atomic mass is 10.1. The van der Waals surface area contributed by atoms with Gasteiger partial charge < -0.3 is 4.42 Å². The third-order valence-corrected chi connectivity index (χ3v) is 3.04. The maximum atomic E-state index is 13.7. The molecule has 0 amide bonds. The minimum absolute atomic E-state index is 0.108. The molecule has 22 heavy (non-hydrogen) atoms. The van der Waals surface area contributed by atoms with E-state index in [0.29, 0.717) is 16.9 Å². The molecule has 6 nitrogen and oxygen atoms in total. The highest BCUT2D eigenvalue weighted by Gasteiger charge is 2.20. The Bertz CT molecular complexity index is 824. The van der Waals surface area contributed by atoms with Gasteiger partial charge in [-0.15, -0.1) is 0 Å². The molecule has 0 radical (unpaired) electrons. The molecule has 1 aromatic carbocycles. The van der Waals surface area contributed by atoms with E-state index in [-0.39, 0.29) is 12.2 Å². The van der Waals surface area contributed by atoms with Gasteiger partial charge in [0, 0.05) is 6.42 Å². The monoisotopic (exact) mass is 299 g/mol. The van der Waals surface area contributed by atoms with Crippen molar-refractivity contribution in [2.45, 2.75) is 6.42 Å². The first-order valence-electron chi connectivity index (χ1n) is 6.40. The molecule has 2 aromatic heterocycles. The van der Waals surface area contributed by atoms with Crippen LogP contribution in [0.15, 0.2) is 47.3 Å². The molecule has 7 heteroatoms. The van der Waals surface area contributed by atoms with E-state index >= 15 is 0 Å². The van der Waals surface area contributed by atoms with Crippen LogP contribution in [0.2, 0.25) is 0 Å². The highest BCUT2D eigenvalue weighted by molar-refractivity contribution is 6.43. The number of rotatable bonds is 5. The van der Waals surface area contributed by atoms with Gasteiger partial charge in [0.05, 0.1) is 11.8 Å². The summed E-state index contributed by atoms with van der Waals surface area (Å²) in [6, 6.07) is 7.67. The second-order valence-corrected chi connectivity index (χ2v) is 4.56. The van der Waals surface area contributed by atoms with Gasteiger partial charge in [0.25, 0.3) is 5.78 Å². The predicted molar refractivity (Wildman–Crippen MR) is 73.5 cm³/mol. The average Bonchev–Trinajstić information content (AvgIpc) is 3.18. The fourth-order valence-electron chi connectivity index (χ4n) is 1.98. The van der Waals surface area contributed by atoms with Crippen molar-refractivity contribution in [3.8, 4) is 11.3 Å². The minimum Gasteiger partial charge on any atom is -0.464 e. The molecule has 0 bridgehead atoms. The number of H-pyrrole nitrogens is 1. The maximum absolute atomic E-state index is 13.7. The number of carbonyl (C=O) groups is 2. The Hall–Kier alpha value is -3.09. The van der Waals surface area contributed by atoms with Gasteiger partial charge in [-0.3, -0.25) is 14.7 Å². The molecule has 0 saturated heterocycles. The summed E-state index contributed by atoms with van der Waals surface area (Å²) < 4.78 is 18.9. The zero-order valence-electron chi connectivity index (χ0n) is 11.2. The van der Waals surface area contributed by atoms with Crippen LogP contribution >= 0.6 is 0 Å².